The van der Waals surface area contributed by atoms with Crippen LogP contribution in [0.4, 0.5) is 0 Å². The van der Waals surface area contributed by atoms with Crippen molar-refractivity contribution in [3.63, 3.8) is 0 Å². The second-order valence-corrected chi connectivity index (χ2v) is 4.30. The van der Waals surface area contributed by atoms with Crippen LogP contribution in [0.3, 0.4) is 0 Å². The van der Waals surface area contributed by atoms with Crippen LogP contribution in [-0.2, 0) is 9.53 Å². The van der Waals surface area contributed by atoms with Crippen LogP contribution in [-0.4, -0.2) is 31.0 Å². The van der Waals surface area contributed by atoms with Gasteiger partial charge in [-0.2, -0.15) is 0 Å². The highest BCUT2D eigenvalue weighted by molar-refractivity contribution is 6.17. The normalized spacial score (nSPS) is 20.5. The Balaban J connectivity index is 1.93. The summed E-state index contributed by atoms with van der Waals surface area (Å²) in [6.45, 7) is 1.61. The van der Waals surface area contributed by atoms with Crippen LogP contribution in [0.5, 0.6) is 0 Å². The van der Waals surface area contributed by atoms with Crippen LogP contribution >= 0.6 is 11.6 Å². The van der Waals surface area contributed by atoms with Crippen LogP contribution in [0, 0.1) is 0 Å². The van der Waals surface area contributed by atoms with Crippen LogP contribution < -0.4 is 5.32 Å². The average Bonchev–Trinajstić information content (AvgIpc) is 2.74. The number of ether oxygens (including phenoxy) is 1. The summed E-state index contributed by atoms with van der Waals surface area (Å²) in [5.74, 6) is 0.811. The Morgan fingerprint density at radius 1 is 1.47 bits per heavy atom. The summed E-state index contributed by atoms with van der Waals surface area (Å²) >= 11 is 5.53. The minimum atomic E-state index is 0.139. The van der Waals surface area contributed by atoms with Gasteiger partial charge in [-0.05, 0) is 32.1 Å². The van der Waals surface area contributed by atoms with E-state index < -0.39 is 0 Å². The van der Waals surface area contributed by atoms with Crippen molar-refractivity contribution in [3.05, 3.63) is 0 Å². The summed E-state index contributed by atoms with van der Waals surface area (Å²) in [7, 11) is 0. The van der Waals surface area contributed by atoms with E-state index in [0.717, 1.165) is 45.3 Å². The highest BCUT2D eigenvalue weighted by Crippen LogP contribution is 2.16. The van der Waals surface area contributed by atoms with Gasteiger partial charge in [0.25, 0.3) is 0 Å². The van der Waals surface area contributed by atoms with Crippen molar-refractivity contribution < 1.29 is 9.53 Å². The molecule has 1 heterocycles. The third kappa shape index (κ3) is 6.00. The van der Waals surface area contributed by atoms with Crippen molar-refractivity contribution in [2.45, 2.75) is 44.6 Å². The van der Waals surface area contributed by atoms with Crippen LogP contribution in [0.25, 0.3) is 0 Å². The molecule has 0 aliphatic carbocycles. The number of hydrogen-bond acceptors (Lipinski definition) is 2. The lowest BCUT2D eigenvalue weighted by Gasteiger charge is -2.09. The molecule has 1 aliphatic heterocycles. The summed E-state index contributed by atoms with van der Waals surface area (Å²) in [5, 5.41) is 2.89. The lowest BCUT2D eigenvalue weighted by atomic mass is 10.1. The molecule has 1 amide bonds. The third-order valence-electron chi connectivity index (χ3n) is 2.60. The minimum Gasteiger partial charge on any atom is -0.378 e. The summed E-state index contributed by atoms with van der Waals surface area (Å²) in [4.78, 5) is 11.4. The number of hydrogen-bond donors (Lipinski definition) is 1. The van der Waals surface area contributed by atoms with Crippen molar-refractivity contribution in [2.24, 2.45) is 0 Å². The first kappa shape index (κ1) is 12.8. The predicted molar refractivity (Wildman–Crippen MR) is 61.2 cm³/mol. The fraction of sp³-hybridized carbons (Fsp3) is 0.909. The molecule has 1 N–H and O–H groups in total. The molecule has 0 bridgehead atoms. The van der Waals surface area contributed by atoms with Gasteiger partial charge in [-0.1, -0.05) is 0 Å². The first-order valence-electron chi connectivity index (χ1n) is 5.77. The topological polar surface area (TPSA) is 38.3 Å². The summed E-state index contributed by atoms with van der Waals surface area (Å²) < 4.78 is 5.45. The van der Waals surface area contributed by atoms with Gasteiger partial charge in [0.2, 0.25) is 5.91 Å². The van der Waals surface area contributed by atoms with Crippen molar-refractivity contribution in [3.8, 4) is 0 Å². The first-order valence-corrected chi connectivity index (χ1v) is 6.30. The van der Waals surface area contributed by atoms with Gasteiger partial charge >= 0.3 is 0 Å². The molecule has 1 atom stereocenters. The van der Waals surface area contributed by atoms with Gasteiger partial charge in [0.1, 0.15) is 0 Å². The van der Waals surface area contributed by atoms with E-state index in [0.29, 0.717) is 18.4 Å². The Labute approximate surface area is 96.5 Å². The van der Waals surface area contributed by atoms with Gasteiger partial charge in [0.15, 0.2) is 0 Å². The van der Waals surface area contributed by atoms with E-state index in [1.165, 1.54) is 0 Å². The highest BCUT2D eigenvalue weighted by atomic mass is 35.5. The summed E-state index contributed by atoms with van der Waals surface area (Å²) in [6.07, 6.45) is 5.95. The Kier molecular flexibility index (Phi) is 6.77. The molecular formula is C11H20ClNO2. The second kappa shape index (κ2) is 7.94. The maximum atomic E-state index is 11.4. The number of carbonyl (C=O) groups excluding carboxylic acids is 1. The zero-order valence-corrected chi connectivity index (χ0v) is 9.89. The third-order valence-corrected chi connectivity index (χ3v) is 2.87. The monoisotopic (exact) mass is 233 g/mol. The van der Waals surface area contributed by atoms with Gasteiger partial charge in [-0.15, -0.1) is 11.6 Å². The van der Waals surface area contributed by atoms with Crippen LogP contribution in [0.1, 0.15) is 38.5 Å². The molecule has 88 valence electrons. The first-order chi connectivity index (χ1) is 7.33. The van der Waals surface area contributed by atoms with Crippen molar-refractivity contribution in [2.75, 3.05) is 19.0 Å². The van der Waals surface area contributed by atoms with Gasteiger partial charge in [0, 0.05) is 25.5 Å². The number of unbranched alkanes of at least 4 members (excludes halogenated alkanes) is 1. The molecule has 0 saturated carbocycles. The Bertz CT molecular complexity index is 181. The van der Waals surface area contributed by atoms with Gasteiger partial charge in [-0.25, -0.2) is 0 Å². The van der Waals surface area contributed by atoms with Crippen molar-refractivity contribution in [1.82, 2.24) is 5.32 Å². The Morgan fingerprint density at radius 2 is 2.33 bits per heavy atom. The smallest absolute Gasteiger partial charge is 0.220 e. The van der Waals surface area contributed by atoms with E-state index in [1.54, 1.807) is 0 Å². The second-order valence-electron chi connectivity index (χ2n) is 3.92. The number of carbonyl (C=O) groups is 1. The van der Waals surface area contributed by atoms with Crippen LogP contribution in [0.2, 0.25) is 0 Å². The molecule has 1 rings (SSSR count). The van der Waals surface area contributed by atoms with Gasteiger partial charge in [0.05, 0.1) is 6.10 Å². The molecule has 0 spiro atoms. The molecule has 1 fully saturated rings. The van der Waals surface area contributed by atoms with E-state index >= 15 is 0 Å². The molecule has 0 aromatic carbocycles. The number of alkyl halides is 1. The lowest BCUT2D eigenvalue weighted by molar-refractivity contribution is -0.121. The minimum absolute atomic E-state index is 0.139. The molecule has 0 radical (unpaired) electrons. The molecule has 1 aliphatic rings. The van der Waals surface area contributed by atoms with Gasteiger partial charge < -0.3 is 10.1 Å². The Morgan fingerprint density at radius 3 is 3.00 bits per heavy atom. The molecular weight excluding hydrogens is 214 g/mol. The maximum absolute atomic E-state index is 11.4. The van der Waals surface area contributed by atoms with E-state index in [2.05, 4.69) is 5.32 Å². The van der Waals surface area contributed by atoms with E-state index in [-0.39, 0.29) is 5.91 Å². The molecule has 3 nitrogen and oxygen atoms in total. The fourth-order valence-electron chi connectivity index (χ4n) is 1.70. The van der Waals surface area contributed by atoms with E-state index in [1.807, 2.05) is 0 Å². The molecule has 15 heavy (non-hydrogen) atoms. The number of amides is 1. The Hall–Kier alpha value is -0.280. The molecule has 4 heteroatoms. The van der Waals surface area contributed by atoms with Crippen molar-refractivity contribution in [1.29, 1.82) is 0 Å². The summed E-state index contributed by atoms with van der Waals surface area (Å²) in [6, 6.07) is 0. The van der Waals surface area contributed by atoms with Gasteiger partial charge in [-0.3, -0.25) is 4.79 Å². The number of nitrogens with one attached hydrogen (secondary N) is 1. The number of halogens is 1. The van der Waals surface area contributed by atoms with Crippen molar-refractivity contribution >= 4 is 17.5 Å². The predicted octanol–water partition coefficient (Wildman–Crippen LogP) is 2.08. The zero-order valence-electron chi connectivity index (χ0n) is 9.14. The van der Waals surface area contributed by atoms with E-state index in [4.69, 9.17) is 16.3 Å². The fourth-order valence-corrected chi connectivity index (χ4v) is 1.89. The number of rotatable bonds is 7. The largest absolute Gasteiger partial charge is 0.378 e. The molecule has 0 aromatic heterocycles. The molecule has 0 aromatic rings. The molecule has 1 unspecified atom stereocenters. The van der Waals surface area contributed by atoms with E-state index in [9.17, 15) is 4.79 Å². The van der Waals surface area contributed by atoms with Crippen LogP contribution in [0.15, 0.2) is 0 Å². The SMILES string of the molecule is O=C(CCC1CCCO1)NCCCCCl. The summed E-state index contributed by atoms with van der Waals surface area (Å²) in [5.41, 5.74) is 0. The standard InChI is InChI=1S/C11H20ClNO2/c12-7-1-2-8-13-11(14)6-5-10-4-3-9-15-10/h10H,1-9H2,(H,13,14). The maximum Gasteiger partial charge on any atom is 0.220 e. The molecule has 1 saturated heterocycles. The highest BCUT2D eigenvalue weighted by Gasteiger charge is 2.16. The average molecular weight is 234 g/mol. The zero-order chi connectivity index (χ0) is 10.9. The lowest BCUT2D eigenvalue weighted by Crippen LogP contribution is -2.25. The quantitative estimate of drug-likeness (QED) is 0.540.